The number of aromatic nitrogens is 2. The highest BCUT2D eigenvalue weighted by Gasteiger charge is 2.47. The van der Waals surface area contributed by atoms with Crippen molar-refractivity contribution in [3.63, 3.8) is 0 Å². The minimum Gasteiger partial charge on any atom is -0.382 e. The molecule has 0 aromatic carbocycles. The molecule has 3 heteroatoms. The molecule has 0 spiro atoms. The van der Waals surface area contributed by atoms with E-state index in [9.17, 15) is 0 Å². The highest BCUT2D eigenvalue weighted by Crippen LogP contribution is 2.58. The van der Waals surface area contributed by atoms with E-state index >= 15 is 0 Å². The zero-order valence-corrected chi connectivity index (χ0v) is 6.89. The van der Waals surface area contributed by atoms with Crippen LogP contribution in [0.2, 0.25) is 0 Å². The molecule has 2 rings (SSSR count). The molecular weight excluding hydrogens is 138 g/mol. The van der Waals surface area contributed by atoms with Crippen LogP contribution in [0.5, 0.6) is 0 Å². The van der Waals surface area contributed by atoms with Gasteiger partial charge in [-0.05, 0) is 11.8 Å². The van der Waals surface area contributed by atoms with E-state index in [2.05, 4.69) is 24.0 Å². The van der Waals surface area contributed by atoms with Crippen LogP contribution in [0.15, 0.2) is 6.07 Å². The summed E-state index contributed by atoms with van der Waals surface area (Å²) in [5, 5.41) is 6.84. The zero-order chi connectivity index (χ0) is 8.06. The van der Waals surface area contributed by atoms with Crippen LogP contribution >= 0.6 is 0 Å². The summed E-state index contributed by atoms with van der Waals surface area (Å²) in [6.07, 6.45) is 1.24. The summed E-state index contributed by atoms with van der Waals surface area (Å²) < 4.78 is 0. The van der Waals surface area contributed by atoms with Crippen molar-refractivity contribution in [3.05, 3.63) is 11.8 Å². The van der Waals surface area contributed by atoms with Crippen molar-refractivity contribution in [1.29, 1.82) is 0 Å². The van der Waals surface area contributed by atoms with Crippen molar-refractivity contribution in [1.82, 2.24) is 10.2 Å². The molecule has 0 radical (unpaired) electrons. The Hall–Kier alpha value is -0.990. The molecular formula is C8H13N3. The number of H-pyrrole nitrogens is 1. The monoisotopic (exact) mass is 151 g/mol. The Labute approximate surface area is 66.0 Å². The van der Waals surface area contributed by atoms with Gasteiger partial charge in [0, 0.05) is 17.7 Å². The zero-order valence-electron chi connectivity index (χ0n) is 6.89. The van der Waals surface area contributed by atoms with Crippen molar-refractivity contribution >= 4 is 5.82 Å². The highest BCUT2D eigenvalue weighted by atomic mass is 15.2. The molecule has 1 unspecified atom stereocenters. The Morgan fingerprint density at radius 1 is 1.73 bits per heavy atom. The molecule has 3 N–H and O–H groups in total. The Kier molecular flexibility index (Phi) is 1.09. The Morgan fingerprint density at radius 3 is 2.73 bits per heavy atom. The fourth-order valence-corrected chi connectivity index (χ4v) is 1.53. The minimum atomic E-state index is 0.457. The van der Waals surface area contributed by atoms with Gasteiger partial charge in [0.1, 0.15) is 5.82 Å². The lowest BCUT2D eigenvalue weighted by Gasteiger charge is -1.97. The van der Waals surface area contributed by atoms with E-state index in [-0.39, 0.29) is 0 Å². The lowest BCUT2D eigenvalue weighted by atomic mass is 10.1. The maximum Gasteiger partial charge on any atom is 0.145 e. The van der Waals surface area contributed by atoms with Gasteiger partial charge in [-0.1, -0.05) is 13.8 Å². The van der Waals surface area contributed by atoms with Crippen LogP contribution in [0.25, 0.3) is 0 Å². The third-order valence-corrected chi connectivity index (χ3v) is 2.51. The molecule has 0 aliphatic heterocycles. The summed E-state index contributed by atoms with van der Waals surface area (Å²) >= 11 is 0. The summed E-state index contributed by atoms with van der Waals surface area (Å²) in [5.74, 6) is 1.25. The maximum absolute atomic E-state index is 5.49. The molecule has 0 saturated heterocycles. The second-order valence-corrected chi connectivity index (χ2v) is 3.99. The van der Waals surface area contributed by atoms with E-state index in [0.717, 1.165) is 0 Å². The van der Waals surface area contributed by atoms with Crippen LogP contribution in [0, 0.1) is 5.41 Å². The second-order valence-electron chi connectivity index (χ2n) is 3.99. The largest absolute Gasteiger partial charge is 0.382 e. The Bertz CT molecular complexity index is 275. The quantitative estimate of drug-likeness (QED) is 0.639. The molecule has 1 saturated carbocycles. The van der Waals surface area contributed by atoms with Crippen molar-refractivity contribution in [2.75, 3.05) is 5.73 Å². The predicted octanol–water partition coefficient (Wildman–Crippen LogP) is 1.51. The standard InChI is InChI=1S/C8H13N3/c1-8(2)4-5(8)6-3-7(9)11-10-6/h3,5H,4H2,1-2H3,(H3,9,10,11). The first-order valence-corrected chi connectivity index (χ1v) is 3.90. The molecule has 3 nitrogen and oxygen atoms in total. The average molecular weight is 151 g/mol. The van der Waals surface area contributed by atoms with Gasteiger partial charge >= 0.3 is 0 Å². The molecule has 1 aliphatic carbocycles. The number of nitrogen functional groups attached to an aromatic ring is 1. The van der Waals surface area contributed by atoms with Crippen LogP contribution in [0.4, 0.5) is 5.82 Å². The van der Waals surface area contributed by atoms with Crippen LogP contribution in [0.1, 0.15) is 31.9 Å². The highest BCUT2D eigenvalue weighted by molar-refractivity contribution is 5.33. The van der Waals surface area contributed by atoms with Crippen molar-refractivity contribution < 1.29 is 0 Å². The van der Waals surface area contributed by atoms with Gasteiger partial charge in [-0.15, -0.1) is 0 Å². The number of nitrogens with zero attached hydrogens (tertiary/aromatic N) is 1. The van der Waals surface area contributed by atoms with Crippen LogP contribution in [-0.4, -0.2) is 10.2 Å². The number of hydrogen-bond donors (Lipinski definition) is 2. The lowest BCUT2D eigenvalue weighted by molar-refractivity contribution is 0.615. The SMILES string of the molecule is CC1(C)CC1c1cc(N)n[nH]1. The fraction of sp³-hybridized carbons (Fsp3) is 0.625. The summed E-state index contributed by atoms with van der Waals surface area (Å²) in [4.78, 5) is 0. The molecule has 1 heterocycles. The number of nitrogens with one attached hydrogen (secondary N) is 1. The van der Waals surface area contributed by atoms with Crippen LogP contribution in [0.3, 0.4) is 0 Å². The van der Waals surface area contributed by atoms with Crippen LogP contribution < -0.4 is 5.73 Å². The van der Waals surface area contributed by atoms with Gasteiger partial charge < -0.3 is 5.73 Å². The molecule has 1 fully saturated rings. The van der Waals surface area contributed by atoms with Gasteiger partial charge in [0.15, 0.2) is 0 Å². The fourth-order valence-electron chi connectivity index (χ4n) is 1.53. The van der Waals surface area contributed by atoms with Gasteiger partial charge in [0.2, 0.25) is 0 Å². The molecule has 0 bridgehead atoms. The van der Waals surface area contributed by atoms with Gasteiger partial charge in [-0.3, -0.25) is 5.10 Å². The van der Waals surface area contributed by atoms with E-state index in [1.807, 2.05) is 6.07 Å². The number of rotatable bonds is 1. The summed E-state index contributed by atoms with van der Waals surface area (Å²) in [7, 11) is 0. The number of nitrogens with two attached hydrogens (primary N) is 1. The molecule has 60 valence electrons. The smallest absolute Gasteiger partial charge is 0.145 e. The first kappa shape index (κ1) is 6.70. The van der Waals surface area contributed by atoms with Crippen LogP contribution in [-0.2, 0) is 0 Å². The minimum absolute atomic E-state index is 0.457. The lowest BCUT2D eigenvalue weighted by Crippen LogP contribution is -1.89. The van der Waals surface area contributed by atoms with Gasteiger partial charge in [-0.2, -0.15) is 5.10 Å². The molecule has 1 atom stereocenters. The first-order chi connectivity index (χ1) is 5.09. The number of anilines is 1. The first-order valence-electron chi connectivity index (χ1n) is 3.90. The topological polar surface area (TPSA) is 54.7 Å². The average Bonchev–Trinajstić information content (AvgIpc) is 2.39. The maximum atomic E-state index is 5.49. The van der Waals surface area contributed by atoms with Crippen molar-refractivity contribution in [2.24, 2.45) is 5.41 Å². The summed E-state index contributed by atoms with van der Waals surface area (Å²) in [6.45, 7) is 4.52. The molecule has 1 aromatic rings. The molecule has 0 amide bonds. The Morgan fingerprint density at radius 2 is 2.36 bits per heavy atom. The van der Waals surface area contributed by atoms with Crippen molar-refractivity contribution in [2.45, 2.75) is 26.2 Å². The molecule has 1 aromatic heterocycles. The van der Waals surface area contributed by atoms with E-state index < -0.39 is 0 Å². The molecule has 1 aliphatic rings. The number of aromatic amines is 1. The van der Waals surface area contributed by atoms with E-state index in [1.165, 1.54) is 12.1 Å². The third kappa shape index (κ3) is 1.00. The molecule has 11 heavy (non-hydrogen) atoms. The normalized spacial score (nSPS) is 26.9. The summed E-state index contributed by atoms with van der Waals surface area (Å²) in [6, 6.07) is 1.93. The van der Waals surface area contributed by atoms with E-state index in [0.29, 0.717) is 17.2 Å². The van der Waals surface area contributed by atoms with E-state index in [4.69, 9.17) is 5.73 Å². The van der Waals surface area contributed by atoms with Gasteiger partial charge in [0.25, 0.3) is 0 Å². The number of hydrogen-bond acceptors (Lipinski definition) is 2. The Balaban J connectivity index is 2.20. The summed E-state index contributed by atoms with van der Waals surface area (Å²) in [5.41, 5.74) is 7.14. The van der Waals surface area contributed by atoms with Gasteiger partial charge in [-0.25, -0.2) is 0 Å². The van der Waals surface area contributed by atoms with Gasteiger partial charge in [0.05, 0.1) is 0 Å². The van der Waals surface area contributed by atoms with Crippen molar-refractivity contribution in [3.8, 4) is 0 Å². The second kappa shape index (κ2) is 1.78. The van der Waals surface area contributed by atoms with E-state index in [1.54, 1.807) is 0 Å². The predicted molar refractivity (Wildman–Crippen MR) is 44.1 cm³/mol. The third-order valence-electron chi connectivity index (χ3n) is 2.51.